The minimum atomic E-state index is -0.291. The van der Waals surface area contributed by atoms with Gasteiger partial charge in [0.1, 0.15) is 0 Å². The fourth-order valence-electron chi connectivity index (χ4n) is 2.78. The molecule has 0 saturated carbocycles. The molecule has 134 valence electrons. The molecule has 0 saturated heterocycles. The number of aryl methyl sites for hydroxylation is 1. The summed E-state index contributed by atoms with van der Waals surface area (Å²) in [6, 6.07) is 11.4. The maximum atomic E-state index is 12.6. The van der Waals surface area contributed by atoms with Crippen LogP contribution in [0.1, 0.15) is 41.0 Å². The van der Waals surface area contributed by atoms with Crippen LogP contribution in [-0.2, 0) is 7.05 Å². The first-order valence-electron chi connectivity index (χ1n) is 8.56. The highest BCUT2D eigenvalue weighted by Gasteiger charge is 2.16. The van der Waals surface area contributed by atoms with E-state index in [0.29, 0.717) is 5.56 Å². The molecule has 6 heteroatoms. The molecule has 26 heavy (non-hydrogen) atoms. The monoisotopic (exact) mass is 367 g/mol. The number of carbonyl (C=O) groups is 1. The maximum Gasteiger partial charge on any atom is 0.347 e. The SMILES string of the molecule is CCCC(NC(=O)c1ccc(-c2cnc(=O)n(C)c2)cc1)c1cccs1. The van der Waals surface area contributed by atoms with Gasteiger partial charge in [-0.2, -0.15) is 0 Å². The third kappa shape index (κ3) is 4.08. The summed E-state index contributed by atoms with van der Waals surface area (Å²) in [6.07, 6.45) is 5.19. The number of nitrogens with one attached hydrogen (secondary N) is 1. The van der Waals surface area contributed by atoms with E-state index in [1.165, 1.54) is 9.44 Å². The van der Waals surface area contributed by atoms with Crippen LogP contribution in [0.25, 0.3) is 11.1 Å². The smallest absolute Gasteiger partial charge is 0.344 e. The summed E-state index contributed by atoms with van der Waals surface area (Å²) in [5.74, 6) is -0.0815. The van der Waals surface area contributed by atoms with Crippen molar-refractivity contribution in [3.05, 3.63) is 75.1 Å². The molecule has 3 aromatic rings. The van der Waals surface area contributed by atoms with Crippen LogP contribution in [0.3, 0.4) is 0 Å². The van der Waals surface area contributed by atoms with Gasteiger partial charge in [-0.25, -0.2) is 9.78 Å². The van der Waals surface area contributed by atoms with Gasteiger partial charge in [-0.1, -0.05) is 31.5 Å². The number of amides is 1. The van der Waals surface area contributed by atoms with Crippen LogP contribution in [0.4, 0.5) is 0 Å². The highest BCUT2D eigenvalue weighted by Crippen LogP contribution is 2.24. The third-order valence-corrected chi connectivity index (χ3v) is 5.18. The summed E-state index contributed by atoms with van der Waals surface area (Å²) in [6.45, 7) is 2.11. The summed E-state index contributed by atoms with van der Waals surface area (Å²) in [5.41, 5.74) is 2.07. The molecule has 1 atom stereocenters. The second-order valence-corrected chi connectivity index (χ2v) is 7.12. The second-order valence-electron chi connectivity index (χ2n) is 6.14. The van der Waals surface area contributed by atoms with Crippen LogP contribution in [0.2, 0.25) is 0 Å². The van der Waals surface area contributed by atoms with Crippen molar-refractivity contribution in [1.29, 1.82) is 0 Å². The lowest BCUT2D eigenvalue weighted by Crippen LogP contribution is -2.27. The van der Waals surface area contributed by atoms with Crippen LogP contribution in [-0.4, -0.2) is 15.5 Å². The molecule has 3 rings (SSSR count). The summed E-state index contributed by atoms with van der Waals surface area (Å²) >= 11 is 1.66. The van der Waals surface area contributed by atoms with Gasteiger partial charge in [0.25, 0.3) is 5.91 Å². The Kier molecular flexibility index (Phi) is 5.63. The van der Waals surface area contributed by atoms with Crippen molar-refractivity contribution in [2.24, 2.45) is 7.05 Å². The number of hydrogen-bond donors (Lipinski definition) is 1. The molecule has 0 aliphatic rings. The molecule has 1 N–H and O–H groups in total. The zero-order chi connectivity index (χ0) is 18.5. The first-order valence-corrected chi connectivity index (χ1v) is 9.44. The molecule has 2 aromatic heterocycles. The zero-order valence-electron chi connectivity index (χ0n) is 14.8. The Hall–Kier alpha value is -2.73. The van der Waals surface area contributed by atoms with Crippen LogP contribution < -0.4 is 11.0 Å². The Morgan fingerprint density at radius 1 is 1.23 bits per heavy atom. The number of benzene rings is 1. The van der Waals surface area contributed by atoms with Crippen molar-refractivity contribution in [3.63, 3.8) is 0 Å². The molecule has 0 aliphatic carbocycles. The second kappa shape index (κ2) is 8.10. The van der Waals surface area contributed by atoms with E-state index in [-0.39, 0.29) is 17.6 Å². The molecule has 0 bridgehead atoms. The highest BCUT2D eigenvalue weighted by molar-refractivity contribution is 7.10. The molecule has 1 amide bonds. The highest BCUT2D eigenvalue weighted by atomic mass is 32.1. The number of nitrogens with zero attached hydrogens (tertiary/aromatic N) is 2. The quantitative estimate of drug-likeness (QED) is 0.721. The Morgan fingerprint density at radius 3 is 2.62 bits per heavy atom. The lowest BCUT2D eigenvalue weighted by molar-refractivity contribution is 0.0935. The average molecular weight is 367 g/mol. The standard InChI is InChI=1S/C20H21N3O2S/c1-3-5-17(18-6-4-11-26-18)22-19(24)15-9-7-14(8-10-15)16-12-21-20(25)23(2)13-16/h4,6-13,17H,3,5H2,1-2H3,(H,22,24). The topological polar surface area (TPSA) is 64.0 Å². The van der Waals surface area contributed by atoms with E-state index in [4.69, 9.17) is 0 Å². The van der Waals surface area contributed by atoms with E-state index in [0.717, 1.165) is 24.0 Å². The van der Waals surface area contributed by atoms with Crippen molar-refractivity contribution >= 4 is 17.2 Å². The van der Waals surface area contributed by atoms with Gasteiger partial charge < -0.3 is 9.88 Å². The van der Waals surface area contributed by atoms with Crippen molar-refractivity contribution < 1.29 is 4.79 Å². The Morgan fingerprint density at radius 2 is 2.00 bits per heavy atom. The lowest BCUT2D eigenvalue weighted by atomic mass is 10.1. The molecule has 0 aliphatic heterocycles. The summed E-state index contributed by atoms with van der Waals surface area (Å²) in [5, 5.41) is 5.15. The summed E-state index contributed by atoms with van der Waals surface area (Å²) in [4.78, 5) is 29.0. The van der Waals surface area contributed by atoms with Gasteiger partial charge in [-0.15, -0.1) is 11.3 Å². The molecular formula is C20H21N3O2S. The van der Waals surface area contributed by atoms with Gasteiger partial charge in [-0.05, 0) is 35.6 Å². The molecule has 0 radical (unpaired) electrons. The number of carbonyl (C=O) groups excluding carboxylic acids is 1. The van der Waals surface area contributed by atoms with Gasteiger partial charge in [-0.3, -0.25) is 4.79 Å². The van der Waals surface area contributed by atoms with Crippen molar-refractivity contribution in [2.45, 2.75) is 25.8 Å². The number of hydrogen-bond acceptors (Lipinski definition) is 4. The molecule has 2 heterocycles. The molecule has 5 nitrogen and oxygen atoms in total. The first-order chi connectivity index (χ1) is 12.6. The van der Waals surface area contributed by atoms with Gasteiger partial charge >= 0.3 is 5.69 Å². The Labute approximate surface area is 156 Å². The third-order valence-electron chi connectivity index (χ3n) is 4.20. The van der Waals surface area contributed by atoms with E-state index in [1.807, 2.05) is 23.6 Å². The number of aromatic nitrogens is 2. The van der Waals surface area contributed by atoms with E-state index in [2.05, 4.69) is 23.3 Å². The minimum Gasteiger partial charge on any atom is -0.344 e. The fourth-order valence-corrected chi connectivity index (χ4v) is 3.59. The van der Waals surface area contributed by atoms with Crippen molar-refractivity contribution in [1.82, 2.24) is 14.9 Å². The maximum absolute atomic E-state index is 12.6. The van der Waals surface area contributed by atoms with Gasteiger partial charge in [0.05, 0.1) is 6.04 Å². The van der Waals surface area contributed by atoms with Gasteiger partial charge in [0.15, 0.2) is 0 Å². The lowest BCUT2D eigenvalue weighted by Gasteiger charge is -2.17. The molecule has 0 spiro atoms. The average Bonchev–Trinajstić information content (AvgIpc) is 3.18. The largest absolute Gasteiger partial charge is 0.347 e. The van der Waals surface area contributed by atoms with Crippen molar-refractivity contribution in [3.8, 4) is 11.1 Å². The van der Waals surface area contributed by atoms with E-state index >= 15 is 0 Å². The van der Waals surface area contributed by atoms with Crippen LogP contribution in [0, 0.1) is 0 Å². The van der Waals surface area contributed by atoms with E-state index in [1.54, 1.807) is 42.9 Å². The van der Waals surface area contributed by atoms with E-state index in [9.17, 15) is 9.59 Å². The predicted molar refractivity (Wildman–Crippen MR) is 104 cm³/mol. The summed E-state index contributed by atoms with van der Waals surface area (Å²) in [7, 11) is 1.67. The molecule has 1 aromatic carbocycles. The van der Waals surface area contributed by atoms with Crippen LogP contribution >= 0.6 is 11.3 Å². The first kappa shape index (κ1) is 18.1. The molecule has 0 fully saturated rings. The summed E-state index contributed by atoms with van der Waals surface area (Å²) < 4.78 is 1.44. The zero-order valence-corrected chi connectivity index (χ0v) is 15.6. The normalized spacial score (nSPS) is 11.9. The van der Waals surface area contributed by atoms with Gasteiger partial charge in [0, 0.05) is 35.4 Å². The Bertz CT molecular complexity index is 930. The number of rotatable bonds is 6. The van der Waals surface area contributed by atoms with Crippen LogP contribution in [0.15, 0.2) is 59.0 Å². The number of thiophene rings is 1. The van der Waals surface area contributed by atoms with Crippen LogP contribution in [0.5, 0.6) is 0 Å². The fraction of sp³-hybridized carbons (Fsp3) is 0.250. The minimum absolute atomic E-state index is 0.0417. The predicted octanol–water partition coefficient (Wildman–Crippen LogP) is 3.78. The Balaban J connectivity index is 1.76. The molecule has 1 unspecified atom stereocenters. The van der Waals surface area contributed by atoms with Crippen molar-refractivity contribution in [2.75, 3.05) is 0 Å². The van der Waals surface area contributed by atoms with Gasteiger partial charge in [0.2, 0.25) is 0 Å². The van der Waals surface area contributed by atoms with E-state index < -0.39 is 0 Å². The molecular weight excluding hydrogens is 346 g/mol.